The van der Waals surface area contributed by atoms with E-state index in [1.165, 1.54) is 28.9 Å². The minimum absolute atomic E-state index is 0.0467. The zero-order valence-corrected chi connectivity index (χ0v) is 16.1. The molecule has 159 valence electrons. The van der Waals surface area contributed by atoms with Crippen molar-refractivity contribution in [2.45, 2.75) is 31.0 Å². The Morgan fingerprint density at radius 3 is 2.63 bits per heavy atom. The summed E-state index contributed by atoms with van der Waals surface area (Å²) in [4.78, 5) is 4.18. The van der Waals surface area contributed by atoms with E-state index in [9.17, 15) is 23.4 Å². The first-order valence-corrected chi connectivity index (χ1v) is 9.36. The number of alkyl halides is 3. The van der Waals surface area contributed by atoms with Gasteiger partial charge in [-0.2, -0.15) is 9.61 Å². The van der Waals surface area contributed by atoms with Gasteiger partial charge in [-0.25, -0.2) is 4.98 Å². The summed E-state index contributed by atoms with van der Waals surface area (Å²) in [7, 11) is 0. The van der Waals surface area contributed by atoms with Crippen molar-refractivity contribution in [3.63, 3.8) is 0 Å². The number of hydrogen-bond donors (Lipinski definition) is 3. The summed E-state index contributed by atoms with van der Waals surface area (Å²) < 4.78 is 43.8. The second-order valence-electron chi connectivity index (χ2n) is 7.05. The number of aliphatic hydroxyl groups is 2. The Bertz CT molecular complexity index is 1070. The zero-order chi connectivity index (χ0) is 21.6. The molecule has 11 heteroatoms. The molecular weight excluding hydrogens is 425 g/mol. The lowest BCUT2D eigenvalue weighted by molar-refractivity contribution is -0.274. The average molecular weight is 442 g/mol. The van der Waals surface area contributed by atoms with Crippen LogP contribution in [0.4, 0.5) is 19.0 Å². The highest BCUT2D eigenvalue weighted by Gasteiger charge is 2.39. The summed E-state index contributed by atoms with van der Waals surface area (Å²) in [5.41, 5.74) is 0.568. The molecule has 30 heavy (non-hydrogen) atoms. The molecule has 4 rings (SSSR count). The number of anilines is 1. The predicted molar refractivity (Wildman–Crippen MR) is 103 cm³/mol. The van der Waals surface area contributed by atoms with Crippen molar-refractivity contribution in [1.82, 2.24) is 14.6 Å². The molecule has 0 bridgehead atoms. The lowest BCUT2D eigenvalue weighted by atomic mass is 10.1. The number of ether oxygens (including phenoxy) is 1. The molecule has 2 heterocycles. The summed E-state index contributed by atoms with van der Waals surface area (Å²) in [5.74, 6) is -0.340. The second-order valence-corrected chi connectivity index (χ2v) is 7.48. The van der Waals surface area contributed by atoms with Crippen LogP contribution in [0.25, 0.3) is 16.9 Å². The van der Waals surface area contributed by atoms with Gasteiger partial charge in [0.1, 0.15) is 17.7 Å². The number of fused-ring (bicyclic) bond motifs is 1. The van der Waals surface area contributed by atoms with Crippen molar-refractivity contribution in [3.05, 3.63) is 48.5 Å². The lowest BCUT2D eigenvalue weighted by Crippen LogP contribution is -2.35. The molecule has 0 saturated heterocycles. The quantitative estimate of drug-likeness (QED) is 0.575. The maximum atomic E-state index is 12.8. The van der Waals surface area contributed by atoms with Crippen molar-refractivity contribution in [1.29, 1.82) is 0 Å². The topological polar surface area (TPSA) is 91.9 Å². The maximum absolute atomic E-state index is 12.8. The van der Waals surface area contributed by atoms with E-state index in [2.05, 4.69) is 27.1 Å². The third-order valence-corrected chi connectivity index (χ3v) is 5.17. The van der Waals surface area contributed by atoms with Crippen molar-refractivity contribution < 1.29 is 28.1 Å². The van der Waals surface area contributed by atoms with Gasteiger partial charge in [0.15, 0.2) is 5.65 Å². The van der Waals surface area contributed by atoms with E-state index in [0.717, 1.165) is 6.07 Å². The first-order valence-electron chi connectivity index (χ1n) is 8.98. The summed E-state index contributed by atoms with van der Waals surface area (Å²) in [6, 6.07) is 6.34. The van der Waals surface area contributed by atoms with Gasteiger partial charge in [0, 0.05) is 22.8 Å². The van der Waals surface area contributed by atoms with Crippen LogP contribution in [0.1, 0.15) is 6.42 Å². The van der Waals surface area contributed by atoms with Crippen molar-refractivity contribution in [2.75, 3.05) is 5.32 Å². The van der Waals surface area contributed by atoms with Crippen LogP contribution >= 0.6 is 11.6 Å². The van der Waals surface area contributed by atoms with Crippen LogP contribution in [-0.2, 0) is 0 Å². The fraction of sp³-hybridized carbons (Fsp3) is 0.316. The third kappa shape index (κ3) is 4.03. The van der Waals surface area contributed by atoms with Crippen LogP contribution in [-0.4, -0.2) is 49.4 Å². The Labute approximate surface area is 174 Å². The van der Waals surface area contributed by atoms with E-state index in [1.54, 1.807) is 6.07 Å². The molecule has 7 nitrogen and oxygen atoms in total. The fourth-order valence-electron chi connectivity index (χ4n) is 3.51. The molecule has 0 unspecified atom stereocenters. The van der Waals surface area contributed by atoms with Gasteiger partial charge < -0.3 is 20.3 Å². The van der Waals surface area contributed by atoms with Gasteiger partial charge >= 0.3 is 6.36 Å². The SMILES string of the molecule is [CH2][C@@H]1C[C@@H](Nc2ccnc3cc(-c4cc(Cl)ccc4OC(F)(F)F)nn23)[C@H](O)[C@@H]1O. The summed E-state index contributed by atoms with van der Waals surface area (Å²) >= 11 is 5.97. The standard InChI is InChI=1S/C19H17ClF3N4O3/c1-9-6-13(18(29)17(9)28)25-15-4-5-24-16-8-12(26-27(15)16)11-7-10(20)2-3-14(11)30-19(21,22)23/h2-5,7-9,13,17-18,25,28-29H,1,6H2/t9-,13-,17-,18+/m1/s1. The van der Waals surface area contributed by atoms with Gasteiger partial charge in [0.25, 0.3) is 0 Å². The average Bonchev–Trinajstić information content (AvgIpc) is 3.20. The largest absolute Gasteiger partial charge is 0.573 e. The van der Waals surface area contributed by atoms with E-state index < -0.39 is 30.4 Å². The van der Waals surface area contributed by atoms with E-state index in [1.807, 2.05) is 0 Å². The van der Waals surface area contributed by atoms with E-state index in [0.29, 0.717) is 17.9 Å². The lowest BCUT2D eigenvalue weighted by Gasteiger charge is -2.19. The van der Waals surface area contributed by atoms with E-state index >= 15 is 0 Å². The number of nitrogens with one attached hydrogen (secondary N) is 1. The molecule has 1 aliphatic rings. The molecule has 1 radical (unpaired) electrons. The van der Waals surface area contributed by atoms with Crippen LogP contribution in [0, 0.1) is 12.8 Å². The van der Waals surface area contributed by atoms with Gasteiger partial charge in [0.2, 0.25) is 0 Å². The number of hydrogen-bond acceptors (Lipinski definition) is 6. The van der Waals surface area contributed by atoms with Crippen LogP contribution in [0.5, 0.6) is 5.75 Å². The monoisotopic (exact) mass is 441 g/mol. The van der Waals surface area contributed by atoms with Gasteiger partial charge in [0.05, 0.1) is 17.8 Å². The molecule has 0 amide bonds. The van der Waals surface area contributed by atoms with Gasteiger partial charge in [-0.1, -0.05) is 11.6 Å². The molecule has 3 aromatic rings. The molecule has 3 N–H and O–H groups in total. The van der Waals surface area contributed by atoms with Gasteiger partial charge in [-0.15, -0.1) is 13.2 Å². The number of benzene rings is 1. The van der Waals surface area contributed by atoms with Crippen LogP contribution in [0.3, 0.4) is 0 Å². The summed E-state index contributed by atoms with van der Waals surface area (Å²) in [5, 5.41) is 27.8. The molecule has 0 spiro atoms. The molecule has 1 fully saturated rings. The van der Waals surface area contributed by atoms with Crippen LogP contribution in [0.2, 0.25) is 5.02 Å². The number of aromatic nitrogens is 3. The third-order valence-electron chi connectivity index (χ3n) is 4.94. The molecule has 0 aliphatic heterocycles. The van der Waals surface area contributed by atoms with Gasteiger partial charge in [-0.05, 0) is 43.5 Å². The fourth-order valence-corrected chi connectivity index (χ4v) is 3.68. The Balaban J connectivity index is 1.72. The number of aliphatic hydroxyl groups excluding tert-OH is 2. The molecule has 1 aliphatic carbocycles. The molecule has 4 atom stereocenters. The minimum atomic E-state index is -4.88. The first kappa shape index (κ1) is 20.7. The Morgan fingerprint density at radius 1 is 1.20 bits per heavy atom. The Morgan fingerprint density at radius 2 is 1.97 bits per heavy atom. The summed E-state index contributed by atoms with van der Waals surface area (Å²) in [6.07, 6.45) is -4.94. The first-order chi connectivity index (χ1) is 14.1. The summed E-state index contributed by atoms with van der Waals surface area (Å²) in [6.45, 7) is 3.81. The van der Waals surface area contributed by atoms with E-state index in [-0.39, 0.29) is 22.2 Å². The molecular formula is C19H17ClF3N4O3. The van der Waals surface area contributed by atoms with Gasteiger partial charge in [-0.3, -0.25) is 0 Å². The minimum Gasteiger partial charge on any atom is -0.405 e. The van der Waals surface area contributed by atoms with Crippen molar-refractivity contribution >= 4 is 23.1 Å². The highest BCUT2D eigenvalue weighted by molar-refractivity contribution is 6.31. The Kier molecular flexibility index (Phi) is 5.25. The van der Waals surface area contributed by atoms with Crippen LogP contribution in [0.15, 0.2) is 36.5 Å². The molecule has 1 saturated carbocycles. The Hall–Kier alpha value is -2.56. The highest BCUT2D eigenvalue weighted by Crippen LogP contribution is 2.36. The smallest absolute Gasteiger partial charge is 0.405 e. The molecule has 1 aromatic carbocycles. The highest BCUT2D eigenvalue weighted by atomic mass is 35.5. The molecule has 2 aromatic heterocycles. The zero-order valence-electron chi connectivity index (χ0n) is 15.3. The van der Waals surface area contributed by atoms with Crippen LogP contribution < -0.4 is 10.1 Å². The maximum Gasteiger partial charge on any atom is 0.573 e. The second kappa shape index (κ2) is 7.60. The van der Waals surface area contributed by atoms with E-state index in [4.69, 9.17) is 11.6 Å². The normalized spacial score (nSPS) is 24.4. The van der Waals surface area contributed by atoms with Crippen molar-refractivity contribution in [2.24, 2.45) is 5.92 Å². The predicted octanol–water partition coefficient (Wildman–Crippen LogP) is 3.30. The number of halogens is 4. The number of rotatable bonds is 4. The number of nitrogens with zero attached hydrogens (tertiary/aromatic N) is 3. The van der Waals surface area contributed by atoms with Crippen molar-refractivity contribution in [3.8, 4) is 17.0 Å².